The summed E-state index contributed by atoms with van der Waals surface area (Å²) in [6.45, 7) is 1.59. The van der Waals surface area contributed by atoms with Crippen molar-refractivity contribution >= 4 is 11.6 Å². The van der Waals surface area contributed by atoms with Gasteiger partial charge in [0.15, 0.2) is 0 Å². The number of alkyl halides is 4. The van der Waals surface area contributed by atoms with E-state index in [1.807, 2.05) is 7.05 Å². The molecule has 0 saturated heterocycles. The first-order chi connectivity index (χ1) is 8.93. The van der Waals surface area contributed by atoms with E-state index in [0.29, 0.717) is 12.4 Å². The van der Waals surface area contributed by atoms with E-state index < -0.39 is 11.7 Å². The van der Waals surface area contributed by atoms with Gasteiger partial charge < -0.3 is 4.90 Å². The molecule has 1 nitrogen and oxygen atoms in total. The molecule has 0 heterocycles. The molecule has 0 spiro atoms. The highest BCUT2D eigenvalue weighted by Gasteiger charge is 2.29. The molecule has 0 saturated carbocycles. The van der Waals surface area contributed by atoms with Crippen LogP contribution in [0.2, 0.25) is 0 Å². The van der Waals surface area contributed by atoms with E-state index >= 15 is 0 Å². The number of nitrogens with zero attached hydrogens (tertiary/aromatic N) is 1. The van der Waals surface area contributed by atoms with Crippen molar-refractivity contribution in [1.82, 2.24) is 4.90 Å². The van der Waals surface area contributed by atoms with Gasteiger partial charge in [-0.15, -0.1) is 11.6 Å². The van der Waals surface area contributed by atoms with Crippen LogP contribution in [-0.2, 0) is 12.7 Å². The highest BCUT2D eigenvalue weighted by molar-refractivity contribution is 6.17. The van der Waals surface area contributed by atoms with Gasteiger partial charge in [0, 0.05) is 12.4 Å². The largest absolute Gasteiger partial charge is 0.416 e. The first kappa shape index (κ1) is 16.3. The second-order valence-electron chi connectivity index (χ2n) is 4.68. The Balaban J connectivity index is 2.40. The molecule has 0 unspecified atom stereocenters. The van der Waals surface area contributed by atoms with Crippen molar-refractivity contribution in [2.75, 3.05) is 19.5 Å². The van der Waals surface area contributed by atoms with Crippen LogP contribution in [-0.4, -0.2) is 24.4 Å². The second kappa shape index (κ2) is 7.75. The molecule has 1 aromatic carbocycles. The monoisotopic (exact) mass is 293 g/mol. The van der Waals surface area contributed by atoms with Crippen molar-refractivity contribution in [3.05, 3.63) is 35.4 Å². The summed E-state index contributed by atoms with van der Waals surface area (Å²) < 4.78 is 37.2. The minimum Gasteiger partial charge on any atom is -0.302 e. The fraction of sp³-hybridized carbons (Fsp3) is 0.571. The van der Waals surface area contributed by atoms with E-state index in [1.165, 1.54) is 12.1 Å². The number of unbranched alkanes of at least 4 members (excludes halogenated alkanes) is 2. The summed E-state index contributed by atoms with van der Waals surface area (Å²) in [5, 5.41) is 0. The molecule has 108 valence electrons. The maximum Gasteiger partial charge on any atom is 0.416 e. The summed E-state index contributed by atoms with van der Waals surface area (Å²) in [7, 11) is 1.97. The third-order valence-corrected chi connectivity index (χ3v) is 3.17. The van der Waals surface area contributed by atoms with Crippen LogP contribution in [0.25, 0.3) is 0 Å². The van der Waals surface area contributed by atoms with Gasteiger partial charge in [0.1, 0.15) is 0 Å². The molecular weight excluding hydrogens is 275 g/mol. The number of hydrogen-bond donors (Lipinski definition) is 0. The van der Waals surface area contributed by atoms with Gasteiger partial charge >= 0.3 is 6.18 Å². The lowest BCUT2D eigenvalue weighted by atomic mass is 10.1. The number of rotatable bonds is 7. The zero-order valence-electron chi connectivity index (χ0n) is 11.0. The lowest BCUT2D eigenvalue weighted by molar-refractivity contribution is -0.137. The summed E-state index contributed by atoms with van der Waals surface area (Å²) in [5.74, 6) is 0.683. The van der Waals surface area contributed by atoms with Crippen LogP contribution in [0.4, 0.5) is 13.2 Å². The molecule has 19 heavy (non-hydrogen) atoms. The van der Waals surface area contributed by atoms with E-state index in [1.54, 1.807) is 0 Å². The summed E-state index contributed by atoms with van der Waals surface area (Å²) >= 11 is 5.59. The Kier molecular flexibility index (Phi) is 6.66. The van der Waals surface area contributed by atoms with Crippen LogP contribution in [0.5, 0.6) is 0 Å². The number of hydrogen-bond acceptors (Lipinski definition) is 1. The van der Waals surface area contributed by atoms with E-state index in [9.17, 15) is 13.2 Å². The molecule has 1 rings (SSSR count). The summed E-state index contributed by atoms with van der Waals surface area (Å²) in [5.41, 5.74) is 0.300. The van der Waals surface area contributed by atoms with Gasteiger partial charge in [-0.25, -0.2) is 0 Å². The molecule has 0 bridgehead atoms. The minimum absolute atomic E-state index is 0.596. The fourth-order valence-electron chi connectivity index (χ4n) is 1.84. The Bertz CT molecular complexity index is 362. The van der Waals surface area contributed by atoms with Gasteiger partial charge in [0.25, 0.3) is 0 Å². The molecule has 0 aliphatic rings. The van der Waals surface area contributed by atoms with Gasteiger partial charge in [-0.05, 0) is 44.1 Å². The van der Waals surface area contributed by atoms with Crippen LogP contribution in [0.1, 0.15) is 30.4 Å². The van der Waals surface area contributed by atoms with Crippen LogP contribution in [0, 0.1) is 0 Å². The molecule has 0 atom stereocenters. The Labute approximate surface area is 117 Å². The highest BCUT2D eigenvalue weighted by atomic mass is 35.5. The molecule has 5 heteroatoms. The summed E-state index contributed by atoms with van der Waals surface area (Å²) in [6, 6.07) is 5.35. The van der Waals surface area contributed by atoms with Crippen molar-refractivity contribution < 1.29 is 13.2 Å². The smallest absolute Gasteiger partial charge is 0.302 e. The molecule has 0 fully saturated rings. The van der Waals surface area contributed by atoms with Crippen LogP contribution in [0.15, 0.2) is 24.3 Å². The zero-order chi connectivity index (χ0) is 14.3. The second-order valence-corrected chi connectivity index (χ2v) is 5.06. The number of halogens is 4. The number of benzene rings is 1. The molecule has 0 aromatic heterocycles. The highest BCUT2D eigenvalue weighted by Crippen LogP contribution is 2.29. The average Bonchev–Trinajstić information content (AvgIpc) is 2.34. The predicted molar refractivity (Wildman–Crippen MR) is 72.3 cm³/mol. The predicted octanol–water partition coefficient (Wildman–Crippen LogP) is 4.55. The van der Waals surface area contributed by atoms with Gasteiger partial charge in [0.2, 0.25) is 0 Å². The Morgan fingerprint density at radius 2 is 1.68 bits per heavy atom. The minimum atomic E-state index is -4.26. The third kappa shape index (κ3) is 6.30. The van der Waals surface area contributed by atoms with Gasteiger partial charge in [0.05, 0.1) is 5.56 Å². The maximum absolute atomic E-state index is 12.4. The summed E-state index contributed by atoms with van der Waals surface area (Å²) in [6.07, 6.45) is -1.10. The molecule has 0 N–H and O–H groups in total. The van der Waals surface area contributed by atoms with Crippen molar-refractivity contribution in [3.63, 3.8) is 0 Å². The molecule has 0 amide bonds. The van der Waals surface area contributed by atoms with Gasteiger partial charge in [-0.1, -0.05) is 18.6 Å². The Morgan fingerprint density at radius 3 is 2.21 bits per heavy atom. The Morgan fingerprint density at radius 1 is 1.05 bits per heavy atom. The topological polar surface area (TPSA) is 3.24 Å². The van der Waals surface area contributed by atoms with E-state index in [0.717, 1.165) is 43.5 Å². The zero-order valence-corrected chi connectivity index (χ0v) is 11.8. The normalized spacial score (nSPS) is 12.1. The molecule has 0 radical (unpaired) electrons. The standard InChI is InChI=1S/C14H19ClF3N/c1-19(10-4-2-3-9-15)11-12-5-7-13(8-6-12)14(16,17)18/h5-8H,2-4,9-11H2,1H3. The van der Waals surface area contributed by atoms with Crippen LogP contribution < -0.4 is 0 Å². The van der Waals surface area contributed by atoms with Gasteiger partial charge in [-0.3, -0.25) is 0 Å². The fourth-order valence-corrected chi connectivity index (χ4v) is 2.03. The third-order valence-electron chi connectivity index (χ3n) is 2.91. The average molecular weight is 294 g/mol. The molecular formula is C14H19ClF3N. The molecule has 0 aliphatic carbocycles. The molecule has 1 aromatic rings. The van der Waals surface area contributed by atoms with E-state index in [4.69, 9.17) is 11.6 Å². The van der Waals surface area contributed by atoms with Crippen LogP contribution in [0.3, 0.4) is 0 Å². The van der Waals surface area contributed by atoms with Crippen LogP contribution >= 0.6 is 11.6 Å². The molecule has 0 aliphatic heterocycles. The van der Waals surface area contributed by atoms with Crippen molar-refractivity contribution in [1.29, 1.82) is 0 Å². The van der Waals surface area contributed by atoms with E-state index in [-0.39, 0.29) is 0 Å². The SMILES string of the molecule is CN(CCCCCCl)Cc1ccc(C(F)(F)F)cc1. The summed E-state index contributed by atoms with van der Waals surface area (Å²) in [4.78, 5) is 2.11. The lowest BCUT2D eigenvalue weighted by Gasteiger charge is -2.17. The van der Waals surface area contributed by atoms with Crippen molar-refractivity contribution in [2.45, 2.75) is 32.0 Å². The van der Waals surface area contributed by atoms with Gasteiger partial charge in [-0.2, -0.15) is 13.2 Å². The maximum atomic E-state index is 12.4. The quantitative estimate of drug-likeness (QED) is 0.527. The Hall–Kier alpha value is -0.740. The van der Waals surface area contributed by atoms with Crippen molar-refractivity contribution in [2.24, 2.45) is 0 Å². The van der Waals surface area contributed by atoms with E-state index in [2.05, 4.69) is 4.90 Å². The van der Waals surface area contributed by atoms with Crippen molar-refractivity contribution in [3.8, 4) is 0 Å². The first-order valence-corrected chi connectivity index (χ1v) is 6.87. The first-order valence-electron chi connectivity index (χ1n) is 6.34. The lowest BCUT2D eigenvalue weighted by Crippen LogP contribution is -2.19.